The van der Waals surface area contributed by atoms with E-state index in [1.807, 2.05) is 11.9 Å². The molecule has 0 amide bonds. The van der Waals surface area contributed by atoms with Gasteiger partial charge in [-0.1, -0.05) is 0 Å². The Kier molecular flexibility index (Phi) is 2.05. The molecule has 1 aliphatic rings. The van der Waals surface area contributed by atoms with Gasteiger partial charge in [-0.05, 0) is 19.9 Å². The van der Waals surface area contributed by atoms with Crippen molar-refractivity contribution in [1.29, 1.82) is 0 Å². The number of likely N-dealkylation sites (N-methyl/N-ethyl adjacent to an activating group) is 1. The van der Waals surface area contributed by atoms with Crippen LogP contribution in [-0.4, -0.2) is 35.9 Å². The van der Waals surface area contributed by atoms with Crippen molar-refractivity contribution in [2.45, 2.75) is 25.1 Å². The average molecular weight is 130 g/mol. The lowest BCUT2D eigenvalue weighted by atomic mass is 10.1. The lowest BCUT2D eigenvalue weighted by Gasteiger charge is -2.31. The molecule has 1 fully saturated rings. The van der Waals surface area contributed by atoms with Gasteiger partial charge >= 0.3 is 0 Å². The van der Waals surface area contributed by atoms with Crippen LogP contribution in [0, 0.1) is 0 Å². The van der Waals surface area contributed by atoms with Gasteiger partial charge in [-0.25, -0.2) is 0 Å². The summed E-state index contributed by atoms with van der Waals surface area (Å²) in [5.41, 5.74) is 5.63. The number of hydrogen-bond acceptors (Lipinski definition) is 3. The van der Waals surface area contributed by atoms with Crippen molar-refractivity contribution >= 4 is 0 Å². The summed E-state index contributed by atoms with van der Waals surface area (Å²) in [5.74, 6) is 0. The van der Waals surface area contributed by atoms with E-state index in [9.17, 15) is 0 Å². The van der Waals surface area contributed by atoms with Gasteiger partial charge in [0.2, 0.25) is 0 Å². The van der Waals surface area contributed by atoms with Crippen LogP contribution in [0.15, 0.2) is 0 Å². The maximum Gasteiger partial charge on any atom is 0.107 e. The summed E-state index contributed by atoms with van der Waals surface area (Å²) in [5, 5.41) is 9.17. The van der Waals surface area contributed by atoms with E-state index in [4.69, 9.17) is 10.8 Å². The number of likely N-dealkylation sites (tertiary alicyclic amines) is 1. The molecule has 1 rings (SSSR count). The Morgan fingerprint density at radius 3 is 2.67 bits per heavy atom. The van der Waals surface area contributed by atoms with Crippen LogP contribution in [0.2, 0.25) is 0 Å². The highest BCUT2D eigenvalue weighted by Crippen LogP contribution is 2.10. The second-order valence-electron chi connectivity index (χ2n) is 2.76. The molecule has 1 aliphatic heterocycles. The lowest BCUT2D eigenvalue weighted by molar-refractivity contribution is -0.0118. The fourth-order valence-corrected chi connectivity index (χ4v) is 1.17. The van der Waals surface area contributed by atoms with E-state index in [0.717, 1.165) is 19.4 Å². The molecule has 0 radical (unpaired) electrons. The third-order valence-corrected chi connectivity index (χ3v) is 1.83. The summed E-state index contributed by atoms with van der Waals surface area (Å²) < 4.78 is 0. The summed E-state index contributed by atoms with van der Waals surface area (Å²) in [6.07, 6.45) is 1.51. The highest BCUT2D eigenvalue weighted by Gasteiger charge is 2.20. The Hall–Kier alpha value is -0.120. The van der Waals surface area contributed by atoms with Gasteiger partial charge in [-0.2, -0.15) is 0 Å². The summed E-state index contributed by atoms with van der Waals surface area (Å²) >= 11 is 0. The molecule has 3 heteroatoms. The second-order valence-corrected chi connectivity index (χ2v) is 2.76. The number of rotatable bonds is 0. The van der Waals surface area contributed by atoms with Gasteiger partial charge in [-0.3, -0.25) is 4.90 Å². The van der Waals surface area contributed by atoms with E-state index in [1.165, 1.54) is 0 Å². The maximum absolute atomic E-state index is 9.17. The maximum atomic E-state index is 9.17. The first kappa shape index (κ1) is 6.99. The first-order valence-electron chi connectivity index (χ1n) is 3.34. The molecule has 54 valence electrons. The highest BCUT2D eigenvalue weighted by atomic mass is 16.3. The number of nitrogens with zero attached hydrogens (tertiary/aromatic N) is 1. The van der Waals surface area contributed by atoms with Crippen molar-refractivity contribution in [3.8, 4) is 0 Å². The van der Waals surface area contributed by atoms with Gasteiger partial charge in [-0.15, -0.1) is 0 Å². The Balaban J connectivity index is 2.35. The smallest absolute Gasteiger partial charge is 0.107 e. The minimum absolute atomic E-state index is 0.259. The summed E-state index contributed by atoms with van der Waals surface area (Å²) in [4.78, 5) is 1.88. The summed E-state index contributed by atoms with van der Waals surface area (Å²) in [7, 11) is 1.89. The molecule has 0 aromatic heterocycles. The number of aliphatic hydroxyl groups is 1. The third-order valence-electron chi connectivity index (χ3n) is 1.83. The zero-order valence-corrected chi connectivity index (χ0v) is 5.75. The molecule has 3 N–H and O–H groups in total. The first-order chi connectivity index (χ1) is 4.20. The average Bonchev–Trinajstić information content (AvgIpc) is 1.80. The van der Waals surface area contributed by atoms with E-state index >= 15 is 0 Å². The summed E-state index contributed by atoms with van der Waals surface area (Å²) in [6.45, 7) is 0.821. The van der Waals surface area contributed by atoms with Crippen LogP contribution in [0.25, 0.3) is 0 Å². The minimum atomic E-state index is -0.259. The quantitative estimate of drug-likeness (QED) is 0.458. The first-order valence-corrected chi connectivity index (χ1v) is 3.34. The highest BCUT2D eigenvalue weighted by molar-refractivity contribution is 4.74. The molecule has 1 unspecified atom stereocenters. The molecule has 9 heavy (non-hydrogen) atoms. The van der Waals surface area contributed by atoms with Gasteiger partial charge in [0.1, 0.15) is 6.23 Å². The summed E-state index contributed by atoms with van der Waals surface area (Å²) in [6, 6.07) is 0.262. The standard InChI is InChI=1S/C6H14N2O/c1-8-4-5(7)2-3-6(8)9/h5-6,9H,2-4,7H2,1H3/t5-,6?/m0/s1. The van der Waals surface area contributed by atoms with Gasteiger partial charge in [0.05, 0.1) is 0 Å². The normalized spacial score (nSPS) is 39.0. The predicted octanol–water partition coefficient (Wildman–Crippen LogP) is -0.642. The van der Waals surface area contributed by atoms with E-state index in [0.29, 0.717) is 0 Å². The molecule has 0 aromatic carbocycles. The largest absolute Gasteiger partial charge is 0.378 e. The van der Waals surface area contributed by atoms with Crippen molar-refractivity contribution in [3.63, 3.8) is 0 Å². The Morgan fingerprint density at radius 1 is 1.56 bits per heavy atom. The molecule has 0 bridgehead atoms. The van der Waals surface area contributed by atoms with E-state index < -0.39 is 0 Å². The molecule has 0 aromatic rings. The monoisotopic (exact) mass is 130 g/mol. The molecular weight excluding hydrogens is 116 g/mol. The molecule has 3 nitrogen and oxygen atoms in total. The van der Waals surface area contributed by atoms with E-state index in [-0.39, 0.29) is 12.3 Å². The zero-order chi connectivity index (χ0) is 6.85. The fourth-order valence-electron chi connectivity index (χ4n) is 1.17. The number of nitrogens with two attached hydrogens (primary N) is 1. The Labute approximate surface area is 55.5 Å². The molecule has 1 saturated heterocycles. The predicted molar refractivity (Wildman–Crippen MR) is 35.8 cm³/mol. The molecular formula is C6H14N2O. The molecule has 0 saturated carbocycles. The number of hydrogen-bond donors (Lipinski definition) is 2. The lowest BCUT2D eigenvalue weighted by Crippen LogP contribution is -2.46. The van der Waals surface area contributed by atoms with Crippen LogP contribution >= 0.6 is 0 Å². The van der Waals surface area contributed by atoms with Crippen molar-refractivity contribution < 1.29 is 5.11 Å². The molecule has 0 aliphatic carbocycles. The van der Waals surface area contributed by atoms with E-state index in [2.05, 4.69) is 0 Å². The van der Waals surface area contributed by atoms with Crippen LogP contribution in [0.3, 0.4) is 0 Å². The third kappa shape index (κ3) is 1.64. The van der Waals surface area contributed by atoms with Gasteiger partial charge in [0.25, 0.3) is 0 Å². The SMILES string of the molecule is CN1C[C@@H](N)CCC1O. The molecule has 0 spiro atoms. The number of piperidine rings is 1. The van der Waals surface area contributed by atoms with Crippen LogP contribution in [0.4, 0.5) is 0 Å². The van der Waals surface area contributed by atoms with Crippen LogP contribution in [-0.2, 0) is 0 Å². The van der Waals surface area contributed by atoms with Crippen LogP contribution in [0.1, 0.15) is 12.8 Å². The van der Waals surface area contributed by atoms with Crippen molar-refractivity contribution in [3.05, 3.63) is 0 Å². The van der Waals surface area contributed by atoms with Crippen molar-refractivity contribution in [2.75, 3.05) is 13.6 Å². The second kappa shape index (κ2) is 2.64. The number of aliphatic hydroxyl groups excluding tert-OH is 1. The Morgan fingerprint density at radius 2 is 2.22 bits per heavy atom. The van der Waals surface area contributed by atoms with Crippen LogP contribution < -0.4 is 5.73 Å². The van der Waals surface area contributed by atoms with Gasteiger partial charge in [0.15, 0.2) is 0 Å². The van der Waals surface area contributed by atoms with Gasteiger partial charge < -0.3 is 10.8 Å². The van der Waals surface area contributed by atoms with Crippen molar-refractivity contribution in [2.24, 2.45) is 5.73 Å². The van der Waals surface area contributed by atoms with Crippen LogP contribution in [0.5, 0.6) is 0 Å². The minimum Gasteiger partial charge on any atom is -0.378 e. The van der Waals surface area contributed by atoms with Gasteiger partial charge in [0, 0.05) is 12.6 Å². The topological polar surface area (TPSA) is 49.5 Å². The zero-order valence-electron chi connectivity index (χ0n) is 5.75. The van der Waals surface area contributed by atoms with Crippen molar-refractivity contribution in [1.82, 2.24) is 4.90 Å². The fraction of sp³-hybridized carbons (Fsp3) is 1.00. The molecule has 2 atom stereocenters. The Bertz CT molecular complexity index is 97.1. The molecule has 1 heterocycles. The van der Waals surface area contributed by atoms with E-state index in [1.54, 1.807) is 0 Å².